The molecule has 0 atom stereocenters. The first-order valence-electron chi connectivity index (χ1n) is 5.52. The molecule has 7 heteroatoms. The molecule has 2 rings (SSSR count). The molecule has 1 aliphatic carbocycles. The average Bonchev–Trinajstić information content (AvgIpc) is 3.12. The molecule has 92 valence electrons. The second-order valence-corrected chi connectivity index (χ2v) is 6.66. The maximum atomic E-state index is 11.9. The number of rotatable bonds is 3. The van der Waals surface area contributed by atoms with Gasteiger partial charge in [-0.2, -0.15) is 0 Å². The Labute approximate surface area is 95.2 Å². The highest BCUT2D eigenvalue weighted by Crippen LogP contribution is 2.33. The summed E-state index contributed by atoms with van der Waals surface area (Å²) in [6.45, 7) is 0.972. The van der Waals surface area contributed by atoms with Crippen LogP contribution in [-0.4, -0.2) is 42.1 Å². The molecule has 2 fully saturated rings. The summed E-state index contributed by atoms with van der Waals surface area (Å²) < 4.78 is 25.4. The lowest BCUT2D eigenvalue weighted by Gasteiger charge is -2.30. The molecule has 0 unspecified atom stereocenters. The standard InChI is InChI=1S/C9H17N3O3S/c10-9(11-13)7-3-5-12(6-4-7)16(14,15)8-1-2-8/h7-8,13H,1-6H2,(H2,10,11). The normalized spacial score (nSPS) is 25.9. The van der Waals surface area contributed by atoms with Gasteiger partial charge in [0.25, 0.3) is 0 Å². The van der Waals surface area contributed by atoms with E-state index in [0.717, 1.165) is 12.8 Å². The molecule has 16 heavy (non-hydrogen) atoms. The summed E-state index contributed by atoms with van der Waals surface area (Å²) in [5.74, 6) is 0.221. The van der Waals surface area contributed by atoms with Crippen LogP contribution in [0, 0.1) is 5.92 Å². The van der Waals surface area contributed by atoms with Crippen LogP contribution < -0.4 is 5.73 Å². The van der Waals surface area contributed by atoms with Crippen LogP contribution in [-0.2, 0) is 10.0 Å². The van der Waals surface area contributed by atoms with Gasteiger partial charge in [0.1, 0.15) is 5.84 Å². The van der Waals surface area contributed by atoms with E-state index in [1.807, 2.05) is 0 Å². The van der Waals surface area contributed by atoms with Crippen molar-refractivity contribution in [3.63, 3.8) is 0 Å². The van der Waals surface area contributed by atoms with Crippen LogP contribution in [0.2, 0.25) is 0 Å². The quantitative estimate of drug-likeness (QED) is 0.316. The highest BCUT2D eigenvalue weighted by molar-refractivity contribution is 7.90. The van der Waals surface area contributed by atoms with Crippen LogP contribution >= 0.6 is 0 Å². The number of piperidine rings is 1. The predicted octanol–water partition coefficient (Wildman–Crippen LogP) is -0.0630. The lowest BCUT2D eigenvalue weighted by molar-refractivity contribution is 0.291. The van der Waals surface area contributed by atoms with E-state index in [4.69, 9.17) is 10.9 Å². The van der Waals surface area contributed by atoms with Crippen molar-refractivity contribution in [1.82, 2.24) is 4.31 Å². The van der Waals surface area contributed by atoms with Crippen LogP contribution in [0.1, 0.15) is 25.7 Å². The molecule has 0 aromatic carbocycles. The van der Waals surface area contributed by atoms with Gasteiger partial charge in [0.15, 0.2) is 0 Å². The second kappa shape index (κ2) is 4.21. The fourth-order valence-electron chi connectivity index (χ4n) is 2.06. The number of hydrogen-bond donors (Lipinski definition) is 2. The smallest absolute Gasteiger partial charge is 0.216 e. The number of oxime groups is 1. The molecule has 0 bridgehead atoms. The van der Waals surface area contributed by atoms with Crippen molar-refractivity contribution in [2.24, 2.45) is 16.8 Å². The molecular formula is C9H17N3O3S. The van der Waals surface area contributed by atoms with Gasteiger partial charge in [-0.25, -0.2) is 12.7 Å². The summed E-state index contributed by atoms with van der Waals surface area (Å²) in [5.41, 5.74) is 5.51. The van der Waals surface area contributed by atoms with E-state index in [0.29, 0.717) is 25.9 Å². The second-order valence-electron chi connectivity index (χ2n) is 4.44. The van der Waals surface area contributed by atoms with Crippen molar-refractivity contribution in [1.29, 1.82) is 0 Å². The summed E-state index contributed by atoms with van der Waals surface area (Å²) >= 11 is 0. The lowest BCUT2D eigenvalue weighted by Crippen LogP contribution is -2.43. The third kappa shape index (κ3) is 2.15. The van der Waals surface area contributed by atoms with Crippen molar-refractivity contribution in [3.05, 3.63) is 0 Å². The van der Waals surface area contributed by atoms with Crippen molar-refractivity contribution < 1.29 is 13.6 Å². The molecule has 1 heterocycles. The fraction of sp³-hybridized carbons (Fsp3) is 0.889. The molecule has 1 saturated heterocycles. The predicted molar refractivity (Wildman–Crippen MR) is 59.6 cm³/mol. The Balaban J connectivity index is 1.95. The third-order valence-corrected chi connectivity index (χ3v) is 5.69. The summed E-state index contributed by atoms with van der Waals surface area (Å²) in [6.07, 6.45) is 2.87. The minimum Gasteiger partial charge on any atom is -0.409 e. The zero-order valence-corrected chi connectivity index (χ0v) is 9.86. The monoisotopic (exact) mass is 247 g/mol. The Morgan fingerprint density at radius 1 is 1.25 bits per heavy atom. The van der Waals surface area contributed by atoms with Crippen LogP contribution in [0.25, 0.3) is 0 Å². The summed E-state index contributed by atoms with van der Waals surface area (Å²) in [4.78, 5) is 0. The van der Waals surface area contributed by atoms with Crippen LogP contribution in [0.5, 0.6) is 0 Å². The van der Waals surface area contributed by atoms with Gasteiger partial charge in [-0.15, -0.1) is 0 Å². The minimum atomic E-state index is -3.05. The van der Waals surface area contributed by atoms with Gasteiger partial charge in [-0.05, 0) is 25.7 Å². The van der Waals surface area contributed by atoms with Gasteiger partial charge in [-0.3, -0.25) is 0 Å². The molecule has 1 aliphatic heterocycles. The molecule has 2 aliphatic rings. The molecule has 0 aromatic heterocycles. The fourth-order valence-corrected chi connectivity index (χ4v) is 3.94. The Bertz CT molecular complexity index is 381. The summed E-state index contributed by atoms with van der Waals surface area (Å²) in [7, 11) is -3.05. The Kier molecular flexibility index (Phi) is 3.07. The summed E-state index contributed by atoms with van der Waals surface area (Å²) in [6, 6.07) is 0. The molecule has 0 aromatic rings. The van der Waals surface area contributed by atoms with E-state index < -0.39 is 10.0 Å². The van der Waals surface area contributed by atoms with Crippen LogP contribution in [0.15, 0.2) is 5.16 Å². The first-order valence-corrected chi connectivity index (χ1v) is 7.02. The zero-order valence-electron chi connectivity index (χ0n) is 9.04. The highest BCUT2D eigenvalue weighted by atomic mass is 32.2. The van der Waals surface area contributed by atoms with Crippen molar-refractivity contribution >= 4 is 15.9 Å². The van der Waals surface area contributed by atoms with Crippen LogP contribution in [0.4, 0.5) is 0 Å². The minimum absolute atomic E-state index is 0.00986. The number of nitrogens with zero attached hydrogens (tertiary/aromatic N) is 2. The summed E-state index contributed by atoms with van der Waals surface area (Å²) in [5, 5.41) is 11.4. The van der Waals surface area contributed by atoms with E-state index in [2.05, 4.69) is 5.16 Å². The van der Waals surface area contributed by atoms with E-state index in [1.54, 1.807) is 4.31 Å². The number of nitrogens with two attached hydrogens (primary N) is 1. The van der Waals surface area contributed by atoms with Gasteiger partial charge < -0.3 is 10.9 Å². The molecule has 0 spiro atoms. The van der Waals surface area contributed by atoms with Crippen molar-refractivity contribution in [2.45, 2.75) is 30.9 Å². The maximum Gasteiger partial charge on any atom is 0.216 e. The molecule has 6 nitrogen and oxygen atoms in total. The number of amidine groups is 1. The molecule has 3 N–H and O–H groups in total. The van der Waals surface area contributed by atoms with E-state index >= 15 is 0 Å². The van der Waals surface area contributed by atoms with E-state index in [-0.39, 0.29) is 17.0 Å². The average molecular weight is 247 g/mol. The maximum absolute atomic E-state index is 11.9. The van der Waals surface area contributed by atoms with Crippen LogP contribution in [0.3, 0.4) is 0 Å². The molecular weight excluding hydrogens is 230 g/mol. The third-order valence-electron chi connectivity index (χ3n) is 3.29. The highest BCUT2D eigenvalue weighted by Gasteiger charge is 2.41. The molecule has 1 saturated carbocycles. The Morgan fingerprint density at radius 3 is 2.25 bits per heavy atom. The lowest BCUT2D eigenvalue weighted by atomic mass is 9.97. The van der Waals surface area contributed by atoms with Gasteiger partial charge in [0.2, 0.25) is 10.0 Å². The molecule has 0 radical (unpaired) electrons. The Hall–Kier alpha value is -0.820. The van der Waals surface area contributed by atoms with Gasteiger partial charge in [0, 0.05) is 19.0 Å². The number of sulfonamides is 1. The van der Waals surface area contributed by atoms with Crippen molar-refractivity contribution in [3.8, 4) is 0 Å². The van der Waals surface area contributed by atoms with Gasteiger partial charge in [0.05, 0.1) is 5.25 Å². The first-order chi connectivity index (χ1) is 7.55. The largest absolute Gasteiger partial charge is 0.409 e. The van der Waals surface area contributed by atoms with Gasteiger partial charge >= 0.3 is 0 Å². The van der Waals surface area contributed by atoms with Gasteiger partial charge in [-0.1, -0.05) is 5.16 Å². The number of hydrogen-bond acceptors (Lipinski definition) is 4. The van der Waals surface area contributed by atoms with E-state index in [1.165, 1.54) is 0 Å². The zero-order chi connectivity index (χ0) is 11.8. The van der Waals surface area contributed by atoms with Crippen molar-refractivity contribution in [2.75, 3.05) is 13.1 Å². The topological polar surface area (TPSA) is 96.0 Å². The Morgan fingerprint density at radius 2 is 1.81 bits per heavy atom. The SMILES string of the molecule is NC(=NO)C1CCN(S(=O)(=O)C2CC2)CC1. The first kappa shape index (κ1) is 11.7. The molecule has 0 amide bonds. The van der Waals surface area contributed by atoms with E-state index in [9.17, 15) is 8.42 Å².